The first kappa shape index (κ1) is 26.0. The van der Waals surface area contributed by atoms with Crippen LogP contribution in [0.15, 0.2) is 65.7 Å². The molecule has 2 aromatic carbocycles. The molecule has 0 amide bonds. The number of pyridine rings is 1. The molecule has 1 N–H and O–H groups in total. The van der Waals surface area contributed by atoms with Crippen molar-refractivity contribution in [3.63, 3.8) is 0 Å². The van der Waals surface area contributed by atoms with E-state index in [1.807, 2.05) is 13.0 Å². The molecule has 1 aliphatic rings. The minimum atomic E-state index is -4.02. The molecule has 1 fully saturated rings. The highest BCUT2D eigenvalue weighted by molar-refractivity contribution is 7.86. The number of nitrogens with zero attached hydrogens (tertiary/aromatic N) is 1. The van der Waals surface area contributed by atoms with E-state index in [4.69, 9.17) is 8.92 Å². The van der Waals surface area contributed by atoms with Crippen LogP contribution >= 0.6 is 0 Å². The van der Waals surface area contributed by atoms with E-state index in [1.54, 1.807) is 63.4 Å². The van der Waals surface area contributed by atoms with Gasteiger partial charge in [0.2, 0.25) is 0 Å². The van der Waals surface area contributed by atoms with E-state index in [2.05, 4.69) is 4.98 Å². The Hall–Kier alpha value is -3.07. The van der Waals surface area contributed by atoms with Crippen LogP contribution in [-0.2, 0) is 25.6 Å². The van der Waals surface area contributed by atoms with E-state index in [1.165, 1.54) is 12.1 Å². The van der Waals surface area contributed by atoms with Gasteiger partial charge in [0, 0.05) is 11.8 Å². The van der Waals surface area contributed by atoms with Gasteiger partial charge in [0.25, 0.3) is 10.1 Å². The minimum Gasteiger partial charge on any atom is -0.456 e. The van der Waals surface area contributed by atoms with Gasteiger partial charge < -0.3 is 9.84 Å². The van der Waals surface area contributed by atoms with Gasteiger partial charge in [-0.2, -0.15) is 8.42 Å². The summed E-state index contributed by atoms with van der Waals surface area (Å²) in [5.41, 5.74) is 2.85. The van der Waals surface area contributed by atoms with Gasteiger partial charge in [-0.25, -0.2) is 4.79 Å². The van der Waals surface area contributed by atoms with E-state index in [0.29, 0.717) is 22.4 Å². The van der Waals surface area contributed by atoms with E-state index < -0.39 is 27.8 Å². The first-order chi connectivity index (χ1) is 16.9. The maximum atomic E-state index is 12.8. The van der Waals surface area contributed by atoms with Gasteiger partial charge in [-0.3, -0.25) is 9.17 Å². The lowest BCUT2D eigenvalue weighted by Crippen LogP contribution is -2.24. The number of aliphatic hydroxyl groups excluding tert-OH is 1. The third-order valence-corrected chi connectivity index (χ3v) is 7.17. The number of benzene rings is 2. The molecule has 1 aliphatic carbocycles. The van der Waals surface area contributed by atoms with Crippen molar-refractivity contribution in [1.29, 1.82) is 0 Å². The second-order valence-electron chi connectivity index (χ2n) is 10.1. The van der Waals surface area contributed by atoms with E-state index >= 15 is 0 Å². The van der Waals surface area contributed by atoms with Crippen molar-refractivity contribution in [3.8, 4) is 0 Å². The van der Waals surface area contributed by atoms with Crippen molar-refractivity contribution in [2.75, 3.05) is 0 Å². The SMILES string of the molecule is Cc1ccc(S(=O)(=O)OCc2nccc(C3CC3)c2C(O)c2cccc(C(=O)OC(C)(C)C)c2)cc1. The molecule has 1 atom stereocenters. The molecule has 1 saturated carbocycles. The summed E-state index contributed by atoms with van der Waals surface area (Å²) in [4.78, 5) is 17.0. The zero-order valence-corrected chi connectivity index (χ0v) is 21.7. The van der Waals surface area contributed by atoms with Crippen LogP contribution in [0, 0.1) is 6.92 Å². The van der Waals surface area contributed by atoms with E-state index in [9.17, 15) is 18.3 Å². The molecular formula is C28H31NO6S. The number of hydrogen-bond acceptors (Lipinski definition) is 7. The van der Waals surface area contributed by atoms with Crippen molar-refractivity contribution in [3.05, 3.63) is 94.3 Å². The molecular weight excluding hydrogens is 478 g/mol. The second kappa shape index (κ2) is 10.1. The van der Waals surface area contributed by atoms with Gasteiger partial charge in [0.15, 0.2) is 0 Å². The maximum Gasteiger partial charge on any atom is 0.338 e. The average molecular weight is 510 g/mol. The molecule has 4 rings (SSSR count). The third-order valence-electron chi connectivity index (χ3n) is 5.89. The average Bonchev–Trinajstić information content (AvgIpc) is 3.67. The van der Waals surface area contributed by atoms with Crippen LogP contribution in [-0.4, -0.2) is 30.1 Å². The highest BCUT2D eigenvalue weighted by Crippen LogP contribution is 2.44. The topological polar surface area (TPSA) is 103 Å². The quantitative estimate of drug-likeness (QED) is 0.328. The Labute approximate surface area is 212 Å². The predicted octanol–water partition coefficient (Wildman–Crippen LogP) is 5.21. The Morgan fingerprint density at radius 1 is 1.11 bits per heavy atom. The first-order valence-electron chi connectivity index (χ1n) is 11.9. The first-order valence-corrected chi connectivity index (χ1v) is 13.3. The van der Waals surface area contributed by atoms with Gasteiger partial charge in [-0.05, 0) is 87.9 Å². The van der Waals surface area contributed by atoms with Gasteiger partial charge in [0.1, 0.15) is 18.3 Å². The van der Waals surface area contributed by atoms with Gasteiger partial charge in [0.05, 0.1) is 16.2 Å². The van der Waals surface area contributed by atoms with Crippen molar-refractivity contribution < 1.29 is 27.2 Å². The lowest BCUT2D eigenvalue weighted by atomic mass is 9.92. The van der Waals surface area contributed by atoms with Crippen molar-refractivity contribution >= 4 is 16.1 Å². The van der Waals surface area contributed by atoms with Gasteiger partial charge >= 0.3 is 5.97 Å². The molecule has 3 aromatic rings. The Morgan fingerprint density at radius 2 is 1.81 bits per heavy atom. The number of aliphatic hydroxyl groups is 1. The van der Waals surface area contributed by atoms with Crippen molar-refractivity contribution in [1.82, 2.24) is 4.98 Å². The van der Waals surface area contributed by atoms with Gasteiger partial charge in [-0.1, -0.05) is 29.8 Å². The summed E-state index contributed by atoms with van der Waals surface area (Å²) in [6.07, 6.45) is 2.43. The van der Waals surface area contributed by atoms with Crippen LogP contribution in [0.2, 0.25) is 0 Å². The smallest absolute Gasteiger partial charge is 0.338 e. The number of rotatable bonds is 8. The van der Waals surface area contributed by atoms with E-state index in [-0.39, 0.29) is 17.4 Å². The minimum absolute atomic E-state index is 0.0543. The molecule has 190 valence electrons. The normalized spacial score (nSPS) is 14.9. The molecule has 0 radical (unpaired) electrons. The monoisotopic (exact) mass is 509 g/mol. The van der Waals surface area contributed by atoms with Crippen molar-refractivity contribution in [2.45, 2.75) is 69.7 Å². The van der Waals surface area contributed by atoms with Crippen LogP contribution in [0.4, 0.5) is 0 Å². The Morgan fingerprint density at radius 3 is 2.44 bits per heavy atom. The zero-order valence-electron chi connectivity index (χ0n) is 20.9. The number of aryl methyl sites for hydroxylation is 1. The summed E-state index contributed by atoms with van der Waals surface area (Å²) in [6, 6.07) is 14.9. The largest absolute Gasteiger partial charge is 0.456 e. The Balaban J connectivity index is 1.65. The summed E-state index contributed by atoms with van der Waals surface area (Å²) < 4.78 is 36.4. The number of carbonyl (C=O) groups is 1. The summed E-state index contributed by atoms with van der Waals surface area (Å²) >= 11 is 0. The molecule has 0 bridgehead atoms. The molecule has 7 nitrogen and oxygen atoms in total. The van der Waals surface area contributed by atoms with Crippen molar-refractivity contribution in [2.24, 2.45) is 0 Å². The van der Waals surface area contributed by atoms with E-state index in [0.717, 1.165) is 24.0 Å². The lowest BCUT2D eigenvalue weighted by Gasteiger charge is -2.21. The lowest BCUT2D eigenvalue weighted by molar-refractivity contribution is 0.00692. The Bertz CT molecular complexity index is 1360. The summed E-state index contributed by atoms with van der Waals surface area (Å²) in [7, 11) is -4.02. The second-order valence-corrected chi connectivity index (χ2v) is 11.7. The number of aromatic nitrogens is 1. The maximum absolute atomic E-state index is 12.8. The molecule has 8 heteroatoms. The zero-order chi connectivity index (χ0) is 26.1. The Kier molecular flexibility index (Phi) is 7.31. The molecule has 1 aromatic heterocycles. The molecule has 1 heterocycles. The van der Waals surface area contributed by atoms with Crippen LogP contribution in [0.5, 0.6) is 0 Å². The number of hydrogen-bond donors (Lipinski definition) is 1. The predicted molar refractivity (Wildman–Crippen MR) is 135 cm³/mol. The molecule has 36 heavy (non-hydrogen) atoms. The van der Waals surface area contributed by atoms with Crippen LogP contribution in [0.1, 0.15) is 83.9 Å². The highest BCUT2D eigenvalue weighted by atomic mass is 32.2. The van der Waals surface area contributed by atoms with Crippen LogP contribution < -0.4 is 0 Å². The summed E-state index contributed by atoms with van der Waals surface area (Å²) in [5, 5.41) is 11.4. The summed E-state index contributed by atoms with van der Waals surface area (Å²) in [6.45, 7) is 6.92. The summed E-state index contributed by atoms with van der Waals surface area (Å²) in [5.74, 6) is -0.225. The number of ether oxygens (including phenoxy) is 1. The fourth-order valence-electron chi connectivity index (χ4n) is 3.96. The number of carbonyl (C=O) groups excluding carboxylic acids is 1. The van der Waals surface area contributed by atoms with Crippen LogP contribution in [0.3, 0.4) is 0 Å². The highest BCUT2D eigenvalue weighted by Gasteiger charge is 2.31. The molecule has 0 aliphatic heterocycles. The molecule has 0 spiro atoms. The standard InChI is InChI=1S/C28H31NO6S/c1-18-8-12-22(13-9-18)36(32,33)34-17-24-25(23(14-15-29-24)19-10-11-19)26(30)20-6-5-7-21(16-20)27(31)35-28(2,3)4/h5-9,12-16,19,26,30H,10-11,17H2,1-4H3. The molecule has 0 saturated heterocycles. The molecule has 1 unspecified atom stereocenters. The fourth-order valence-corrected chi connectivity index (χ4v) is 4.83. The fraction of sp³-hybridized carbons (Fsp3) is 0.357. The van der Waals surface area contributed by atoms with Crippen LogP contribution in [0.25, 0.3) is 0 Å². The van der Waals surface area contributed by atoms with Gasteiger partial charge in [-0.15, -0.1) is 0 Å². The number of esters is 1. The third kappa shape index (κ3) is 6.19.